The molecule has 1 aliphatic carbocycles. The van der Waals surface area contributed by atoms with Gasteiger partial charge in [-0.3, -0.25) is 0 Å². The second kappa shape index (κ2) is 8.22. The molecule has 5 heteroatoms. The average molecular weight is 291 g/mol. The fourth-order valence-electron chi connectivity index (χ4n) is 3.13. The first-order valence-electron chi connectivity index (χ1n) is 7.41. The highest BCUT2D eigenvalue weighted by Crippen LogP contribution is 2.30. The van der Waals surface area contributed by atoms with E-state index in [9.17, 15) is 8.42 Å². The van der Waals surface area contributed by atoms with E-state index in [2.05, 4.69) is 12.2 Å². The Labute approximate surface area is 118 Å². The Bertz CT molecular complexity index is 337. The van der Waals surface area contributed by atoms with E-state index >= 15 is 0 Å². The van der Waals surface area contributed by atoms with Crippen molar-refractivity contribution in [1.29, 1.82) is 0 Å². The molecule has 0 aliphatic heterocycles. The summed E-state index contributed by atoms with van der Waals surface area (Å²) in [6.45, 7) is 2.90. The van der Waals surface area contributed by atoms with Crippen LogP contribution in [0.4, 0.5) is 0 Å². The molecule has 1 N–H and O–H groups in total. The Hall–Kier alpha value is -0.130. The smallest absolute Gasteiger partial charge is 0.147 e. The molecule has 2 atom stereocenters. The van der Waals surface area contributed by atoms with Crippen molar-refractivity contribution in [3.63, 3.8) is 0 Å². The Kier molecular flexibility index (Phi) is 7.32. The summed E-state index contributed by atoms with van der Waals surface area (Å²) in [5, 5.41) is 3.41. The molecule has 0 aromatic heterocycles. The molecule has 2 unspecified atom stereocenters. The first kappa shape index (κ1) is 16.9. The summed E-state index contributed by atoms with van der Waals surface area (Å²) in [7, 11) is -1.15. The third kappa shape index (κ3) is 6.23. The minimum atomic E-state index is -2.91. The Morgan fingerprint density at radius 2 is 1.89 bits per heavy atom. The molecule has 0 amide bonds. The van der Waals surface area contributed by atoms with Crippen LogP contribution < -0.4 is 5.32 Å². The number of rotatable bonds is 8. The van der Waals surface area contributed by atoms with Crippen molar-refractivity contribution in [3.05, 3.63) is 0 Å². The van der Waals surface area contributed by atoms with E-state index < -0.39 is 9.84 Å². The lowest BCUT2D eigenvalue weighted by Crippen LogP contribution is -2.46. The molecule has 1 rings (SSSR count). The summed E-state index contributed by atoms with van der Waals surface area (Å²) in [5.41, 5.74) is 0. The van der Waals surface area contributed by atoms with Gasteiger partial charge in [0.05, 0.1) is 11.9 Å². The Balaban J connectivity index is 2.63. The largest absolute Gasteiger partial charge is 0.380 e. The lowest BCUT2D eigenvalue weighted by molar-refractivity contribution is 0.00790. The van der Waals surface area contributed by atoms with Crippen molar-refractivity contribution in [2.24, 2.45) is 5.92 Å². The predicted molar refractivity (Wildman–Crippen MR) is 79.2 cm³/mol. The number of sulfone groups is 1. The molecule has 0 aromatic carbocycles. The zero-order valence-electron chi connectivity index (χ0n) is 12.5. The van der Waals surface area contributed by atoms with Crippen molar-refractivity contribution >= 4 is 9.84 Å². The summed E-state index contributed by atoms with van der Waals surface area (Å²) >= 11 is 0. The zero-order chi connectivity index (χ0) is 14.3. The summed E-state index contributed by atoms with van der Waals surface area (Å²) in [6.07, 6.45) is 8.37. The molecule has 0 bridgehead atoms. The van der Waals surface area contributed by atoms with Gasteiger partial charge in [0.1, 0.15) is 9.84 Å². The maximum absolute atomic E-state index is 11.4. The zero-order valence-corrected chi connectivity index (χ0v) is 13.3. The third-order valence-corrected chi connectivity index (χ3v) is 5.03. The quantitative estimate of drug-likeness (QED) is 0.743. The molecule has 1 saturated carbocycles. The molecule has 0 aromatic rings. The lowest BCUT2D eigenvalue weighted by atomic mass is 9.82. The average Bonchev–Trinajstić information content (AvgIpc) is 2.37. The molecular weight excluding hydrogens is 262 g/mol. The lowest BCUT2D eigenvalue weighted by Gasteiger charge is -2.35. The molecule has 0 radical (unpaired) electrons. The Morgan fingerprint density at radius 1 is 1.26 bits per heavy atom. The van der Waals surface area contributed by atoms with Crippen LogP contribution in [-0.4, -0.2) is 46.2 Å². The third-order valence-electron chi connectivity index (χ3n) is 4.05. The highest BCUT2D eigenvalue weighted by Gasteiger charge is 2.30. The van der Waals surface area contributed by atoms with Crippen molar-refractivity contribution in [2.45, 2.75) is 57.6 Å². The van der Waals surface area contributed by atoms with E-state index in [1.54, 1.807) is 7.11 Å². The van der Waals surface area contributed by atoms with Gasteiger partial charge >= 0.3 is 0 Å². The number of likely N-dealkylation sites (N-methyl/N-ethyl adjacent to an activating group) is 1. The number of ether oxygens (including phenoxy) is 1. The van der Waals surface area contributed by atoms with E-state index in [1.807, 2.05) is 0 Å². The minimum absolute atomic E-state index is 0.141. The van der Waals surface area contributed by atoms with Crippen molar-refractivity contribution in [1.82, 2.24) is 5.32 Å². The number of methoxy groups -OCH3 is 1. The van der Waals surface area contributed by atoms with Gasteiger partial charge in [0.2, 0.25) is 0 Å². The first-order valence-corrected chi connectivity index (χ1v) is 9.48. The summed E-state index contributed by atoms with van der Waals surface area (Å²) < 4.78 is 28.4. The summed E-state index contributed by atoms with van der Waals surface area (Å²) in [4.78, 5) is 0. The van der Waals surface area contributed by atoms with Crippen LogP contribution in [-0.2, 0) is 14.6 Å². The van der Waals surface area contributed by atoms with Gasteiger partial charge in [-0.15, -0.1) is 0 Å². The van der Waals surface area contributed by atoms with Crippen LogP contribution in [0.25, 0.3) is 0 Å². The minimum Gasteiger partial charge on any atom is -0.380 e. The van der Waals surface area contributed by atoms with Gasteiger partial charge in [0.15, 0.2) is 0 Å². The van der Waals surface area contributed by atoms with Gasteiger partial charge in [-0.25, -0.2) is 8.42 Å². The van der Waals surface area contributed by atoms with Gasteiger partial charge < -0.3 is 10.1 Å². The van der Waals surface area contributed by atoms with Gasteiger partial charge in [0.25, 0.3) is 0 Å². The van der Waals surface area contributed by atoms with Crippen LogP contribution in [0.2, 0.25) is 0 Å². The van der Waals surface area contributed by atoms with E-state index in [0.717, 1.165) is 6.54 Å². The molecule has 114 valence electrons. The highest BCUT2D eigenvalue weighted by molar-refractivity contribution is 7.90. The van der Waals surface area contributed by atoms with Crippen molar-refractivity contribution in [3.8, 4) is 0 Å². The maximum atomic E-state index is 11.4. The number of hydrogen-bond acceptors (Lipinski definition) is 4. The topological polar surface area (TPSA) is 55.4 Å². The normalized spacial score (nSPS) is 21.2. The van der Waals surface area contributed by atoms with E-state index in [1.165, 1.54) is 38.4 Å². The maximum Gasteiger partial charge on any atom is 0.147 e. The fraction of sp³-hybridized carbons (Fsp3) is 1.00. The molecule has 0 heterocycles. The van der Waals surface area contributed by atoms with Gasteiger partial charge in [-0.1, -0.05) is 26.2 Å². The molecule has 19 heavy (non-hydrogen) atoms. The second-order valence-corrected chi connectivity index (χ2v) is 7.94. The van der Waals surface area contributed by atoms with Crippen LogP contribution in [0.3, 0.4) is 0 Å². The predicted octanol–water partition coefficient (Wildman–Crippen LogP) is 1.99. The van der Waals surface area contributed by atoms with Gasteiger partial charge in [0, 0.05) is 19.4 Å². The van der Waals surface area contributed by atoms with Crippen LogP contribution in [0.5, 0.6) is 0 Å². The second-order valence-electron chi connectivity index (χ2n) is 5.68. The Morgan fingerprint density at radius 3 is 2.37 bits per heavy atom. The van der Waals surface area contributed by atoms with E-state index in [4.69, 9.17) is 4.74 Å². The fourth-order valence-corrected chi connectivity index (χ4v) is 3.82. The SMILES string of the molecule is CCNC(CCS(C)(=O)=O)C(OC)C1CCCCC1. The van der Waals surface area contributed by atoms with Gasteiger partial charge in [-0.05, 0) is 31.7 Å². The molecule has 1 fully saturated rings. The number of hydrogen-bond donors (Lipinski definition) is 1. The molecule has 4 nitrogen and oxygen atoms in total. The standard InChI is InChI=1S/C14H29NO3S/c1-4-15-13(10-11-19(3,16)17)14(18-2)12-8-6-5-7-9-12/h12-15H,4-11H2,1-3H3. The molecular formula is C14H29NO3S. The van der Waals surface area contributed by atoms with Crippen molar-refractivity contribution < 1.29 is 13.2 Å². The van der Waals surface area contributed by atoms with Crippen LogP contribution in [0, 0.1) is 5.92 Å². The van der Waals surface area contributed by atoms with E-state index in [-0.39, 0.29) is 17.9 Å². The monoisotopic (exact) mass is 291 g/mol. The van der Waals surface area contributed by atoms with Crippen LogP contribution in [0.1, 0.15) is 45.4 Å². The number of nitrogens with one attached hydrogen (secondary N) is 1. The van der Waals surface area contributed by atoms with Crippen LogP contribution >= 0.6 is 0 Å². The molecule has 0 spiro atoms. The van der Waals surface area contributed by atoms with Crippen molar-refractivity contribution in [2.75, 3.05) is 25.7 Å². The summed E-state index contributed by atoms with van der Waals surface area (Å²) in [6, 6.07) is 0.146. The van der Waals surface area contributed by atoms with E-state index in [0.29, 0.717) is 12.3 Å². The highest BCUT2D eigenvalue weighted by atomic mass is 32.2. The van der Waals surface area contributed by atoms with Crippen LogP contribution in [0.15, 0.2) is 0 Å². The molecule has 1 aliphatic rings. The first-order chi connectivity index (χ1) is 8.98. The summed E-state index contributed by atoms with van der Waals surface area (Å²) in [5.74, 6) is 0.805. The molecule has 0 saturated heterocycles. The van der Waals surface area contributed by atoms with Gasteiger partial charge in [-0.2, -0.15) is 0 Å².